The third kappa shape index (κ3) is 1.96. The predicted molar refractivity (Wildman–Crippen MR) is 60.9 cm³/mol. The summed E-state index contributed by atoms with van der Waals surface area (Å²) in [5, 5.41) is 2.99. The molecule has 1 heterocycles. The molecule has 15 heavy (non-hydrogen) atoms. The van der Waals surface area contributed by atoms with E-state index in [1.807, 2.05) is 12.1 Å². The highest BCUT2D eigenvalue weighted by Gasteiger charge is 2.22. The molecule has 2 rings (SSSR count). The van der Waals surface area contributed by atoms with E-state index < -0.39 is 0 Å². The fraction of sp³-hybridized carbons (Fsp3) is 0.417. The van der Waals surface area contributed by atoms with Gasteiger partial charge in [-0.25, -0.2) is 0 Å². The lowest BCUT2D eigenvalue weighted by Gasteiger charge is -2.33. The van der Waals surface area contributed by atoms with Crippen LogP contribution in [0, 0.1) is 0 Å². The molecule has 0 saturated heterocycles. The highest BCUT2D eigenvalue weighted by Crippen LogP contribution is 2.32. The molecule has 0 fully saturated rings. The van der Waals surface area contributed by atoms with Crippen molar-refractivity contribution in [2.24, 2.45) is 0 Å². The van der Waals surface area contributed by atoms with Crippen molar-refractivity contribution in [1.82, 2.24) is 5.32 Å². The lowest BCUT2D eigenvalue weighted by Crippen LogP contribution is -2.35. The smallest absolute Gasteiger partial charge is 0.217 e. The largest absolute Gasteiger partial charge is 0.374 e. The van der Waals surface area contributed by atoms with Crippen molar-refractivity contribution in [3.8, 4) is 0 Å². The first kappa shape index (κ1) is 10.0. The van der Waals surface area contributed by atoms with Gasteiger partial charge in [0, 0.05) is 26.2 Å². The lowest BCUT2D eigenvalue weighted by molar-refractivity contribution is -0.119. The van der Waals surface area contributed by atoms with Crippen LogP contribution in [0.3, 0.4) is 0 Å². The van der Waals surface area contributed by atoms with E-state index in [2.05, 4.69) is 29.4 Å². The van der Waals surface area contributed by atoms with Crippen LogP contribution in [-0.2, 0) is 4.79 Å². The van der Waals surface area contributed by atoms with Gasteiger partial charge in [0.15, 0.2) is 0 Å². The van der Waals surface area contributed by atoms with Crippen molar-refractivity contribution >= 4 is 11.6 Å². The number of nitrogens with zero attached hydrogens (tertiary/aromatic N) is 1. The topological polar surface area (TPSA) is 32.3 Å². The summed E-state index contributed by atoms with van der Waals surface area (Å²) < 4.78 is 0. The Kier molecular flexibility index (Phi) is 2.62. The van der Waals surface area contributed by atoms with E-state index in [1.54, 1.807) is 6.92 Å². The summed E-state index contributed by atoms with van der Waals surface area (Å²) in [4.78, 5) is 13.3. The summed E-state index contributed by atoms with van der Waals surface area (Å²) in [6, 6.07) is 8.42. The molecule has 1 aliphatic rings. The maximum absolute atomic E-state index is 11.1. The molecule has 3 nitrogen and oxygen atoms in total. The lowest BCUT2D eigenvalue weighted by atomic mass is 9.97. The van der Waals surface area contributed by atoms with E-state index in [9.17, 15) is 4.79 Å². The highest BCUT2D eigenvalue weighted by atomic mass is 16.1. The number of amides is 1. The predicted octanol–water partition coefficient (Wildman–Crippen LogP) is 1.70. The quantitative estimate of drug-likeness (QED) is 0.755. The first-order valence-corrected chi connectivity index (χ1v) is 5.25. The summed E-state index contributed by atoms with van der Waals surface area (Å²) in [5.74, 6) is 0.0411. The number of para-hydroxylation sites is 1. The third-order valence-corrected chi connectivity index (χ3v) is 2.85. The van der Waals surface area contributed by atoms with E-state index in [4.69, 9.17) is 0 Å². The number of fused-ring (bicyclic) bond motifs is 1. The Bertz CT molecular complexity index is 376. The Morgan fingerprint density at radius 1 is 1.47 bits per heavy atom. The van der Waals surface area contributed by atoms with Crippen LogP contribution in [0.5, 0.6) is 0 Å². The molecule has 1 aliphatic heterocycles. The van der Waals surface area contributed by atoms with E-state index in [-0.39, 0.29) is 11.9 Å². The standard InChI is InChI=1S/C12H16N2O/c1-9(15)13-11-7-8-14(2)12-6-4-3-5-10(11)12/h3-6,11H,7-8H2,1-2H3,(H,13,15). The summed E-state index contributed by atoms with van der Waals surface area (Å²) in [6.07, 6.45) is 0.979. The average Bonchev–Trinajstić information content (AvgIpc) is 2.22. The molecule has 0 aromatic heterocycles. The van der Waals surface area contributed by atoms with Crippen LogP contribution in [0.2, 0.25) is 0 Å². The maximum atomic E-state index is 11.1. The molecule has 1 amide bonds. The van der Waals surface area contributed by atoms with Gasteiger partial charge in [0.2, 0.25) is 5.91 Å². The number of nitrogens with one attached hydrogen (secondary N) is 1. The maximum Gasteiger partial charge on any atom is 0.217 e. The summed E-state index contributed by atoms with van der Waals surface area (Å²) in [5.41, 5.74) is 2.45. The fourth-order valence-electron chi connectivity index (χ4n) is 2.12. The van der Waals surface area contributed by atoms with Crippen molar-refractivity contribution < 1.29 is 4.79 Å². The van der Waals surface area contributed by atoms with Crippen LogP contribution in [0.15, 0.2) is 24.3 Å². The molecule has 1 atom stereocenters. The van der Waals surface area contributed by atoms with Gasteiger partial charge in [0.1, 0.15) is 0 Å². The van der Waals surface area contributed by atoms with E-state index in [1.165, 1.54) is 11.3 Å². The van der Waals surface area contributed by atoms with Crippen LogP contribution in [0.4, 0.5) is 5.69 Å². The molecule has 1 aromatic carbocycles. The van der Waals surface area contributed by atoms with Crippen molar-refractivity contribution in [3.05, 3.63) is 29.8 Å². The highest BCUT2D eigenvalue weighted by molar-refractivity contribution is 5.74. The Labute approximate surface area is 90.1 Å². The van der Waals surface area contributed by atoms with Gasteiger partial charge < -0.3 is 10.2 Å². The number of anilines is 1. The molecule has 0 aliphatic carbocycles. The minimum absolute atomic E-state index is 0.0411. The Balaban J connectivity index is 2.31. The van der Waals surface area contributed by atoms with Gasteiger partial charge in [-0.2, -0.15) is 0 Å². The molecular weight excluding hydrogens is 188 g/mol. The fourth-order valence-corrected chi connectivity index (χ4v) is 2.12. The Morgan fingerprint density at radius 2 is 2.20 bits per heavy atom. The Morgan fingerprint density at radius 3 is 2.93 bits per heavy atom. The normalized spacial score (nSPS) is 19.6. The summed E-state index contributed by atoms with van der Waals surface area (Å²) in [7, 11) is 2.09. The first-order valence-electron chi connectivity index (χ1n) is 5.25. The van der Waals surface area contributed by atoms with Gasteiger partial charge in [-0.3, -0.25) is 4.79 Å². The number of hydrogen-bond donors (Lipinski definition) is 1. The molecule has 1 unspecified atom stereocenters. The van der Waals surface area contributed by atoms with E-state index in [0.29, 0.717) is 0 Å². The van der Waals surface area contributed by atoms with Crippen LogP contribution in [0.25, 0.3) is 0 Å². The number of benzene rings is 1. The molecule has 0 spiro atoms. The molecule has 0 radical (unpaired) electrons. The molecule has 1 aromatic rings. The zero-order valence-corrected chi connectivity index (χ0v) is 9.16. The van der Waals surface area contributed by atoms with Crippen LogP contribution in [-0.4, -0.2) is 19.5 Å². The molecule has 0 bridgehead atoms. The SMILES string of the molecule is CC(=O)NC1CCN(C)c2ccccc21. The van der Waals surface area contributed by atoms with Crippen LogP contribution >= 0.6 is 0 Å². The second kappa shape index (κ2) is 3.93. The Hall–Kier alpha value is -1.51. The molecule has 0 saturated carbocycles. The first-order chi connectivity index (χ1) is 7.18. The van der Waals surface area contributed by atoms with Gasteiger partial charge in [-0.1, -0.05) is 18.2 Å². The van der Waals surface area contributed by atoms with Crippen molar-refractivity contribution in [2.45, 2.75) is 19.4 Å². The van der Waals surface area contributed by atoms with Gasteiger partial charge in [0.05, 0.1) is 6.04 Å². The van der Waals surface area contributed by atoms with Crippen molar-refractivity contribution in [1.29, 1.82) is 0 Å². The number of carbonyl (C=O) groups is 1. The minimum atomic E-state index is 0.0411. The number of carbonyl (C=O) groups excluding carboxylic acids is 1. The van der Waals surface area contributed by atoms with E-state index >= 15 is 0 Å². The van der Waals surface area contributed by atoms with Crippen LogP contribution < -0.4 is 10.2 Å². The van der Waals surface area contributed by atoms with Gasteiger partial charge >= 0.3 is 0 Å². The van der Waals surface area contributed by atoms with Crippen molar-refractivity contribution in [3.63, 3.8) is 0 Å². The number of rotatable bonds is 1. The molecule has 80 valence electrons. The van der Waals surface area contributed by atoms with Crippen LogP contribution in [0.1, 0.15) is 24.9 Å². The van der Waals surface area contributed by atoms with Gasteiger partial charge in [-0.15, -0.1) is 0 Å². The zero-order valence-electron chi connectivity index (χ0n) is 9.16. The summed E-state index contributed by atoms with van der Waals surface area (Å²) >= 11 is 0. The van der Waals surface area contributed by atoms with Crippen molar-refractivity contribution in [2.75, 3.05) is 18.5 Å². The number of hydrogen-bond acceptors (Lipinski definition) is 2. The average molecular weight is 204 g/mol. The summed E-state index contributed by atoms with van der Waals surface area (Å²) in [6.45, 7) is 2.56. The van der Waals surface area contributed by atoms with E-state index in [0.717, 1.165) is 13.0 Å². The van der Waals surface area contributed by atoms with Gasteiger partial charge in [-0.05, 0) is 18.1 Å². The van der Waals surface area contributed by atoms with Gasteiger partial charge in [0.25, 0.3) is 0 Å². The molecular formula is C12H16N2O. The second-order valence-corrected chi connectivity index (χ2v) is 4.02. The minimum Gasteiger partial charge on any atom is -0.374 e. The zero-order chi connectivity index (χ0) is 10.8. The third-order valence-electron chi connectivity index (χ3n) is 2.85. The molecule has 1 N–H and O–H groups in total. The monoisotopic (exact) mass is 204 g/mol. The molecule has 3 heteroatoms. The second-order valence-electron chi connectivity index (χ2n) is 4.02.